The number of aromatic nitrogens is 3. The quantitative estimate of drug-likeness (QED) is 0.167. The molecule has 0 fully saturated rings. The lowest BCUT2D eigenvalue weighted by molar-refractivity contribution is 1.32. The van der Waals surface area contributed by atoms with Crippen molar-refractivity contribution < 1.29 is 0 Å². The van der Waals surface area contributed by atoms with Gasteiger partial charge in [0.25, 0.3) is 0 Å². The smallest absolute Gasteiger partial charge is 0.0714 e. The van der Waals surface area contributed by atoms with E-state index in [1.807, 2.05) is 97.5 Å². The maximum Gasteiger partial charge on any atom is 0.0714 e. The lowest BCUT2D eigenvalue weighted by Gasteiger charge is -2.16. The molecule has 0 spiro atoms. The Balaban J connectivity index is 0.000000141. The van der Waals surface area contributed by atoms with Crippen LogP contribution in [-0.4, -0.2) is 15.0 Å². The van der Waals surface area contributed by atoms with Crippen molar-refractivity contribution >= 4 is 15.9 Å². The monoisotopic (exact) mass is 905 g/mol. The molecule has 318 valence electrons. The van der Waals surface area contributed by atoms with Gasteiger partial charge in [-0.25, -0.2) is 0 Å². The molecule has 3 aromatic heterocycles. The molecule has 0 amide bonds. The van der Waals surface area contributed by atoms with Crippen LogP contribution < -0.4 is 0 Å². The van der Waals surface area contributed by atoms with E-state index in [0.29, 0.717) is 0 Å². The minimum Gasteiger partial charge on any atom is -0.256 e. The van der Waals surface area contributed by atoms with Gasteiger partial charge in [-0.05, 0) is 110 Å². The number of aryl methyl sites for hydroxylation is 4. The van der Waals surface area contributed by atoms with Crippen LogP contribution in [0.3, 0.4) is 0 Å². The molecule has 0 atom stereocenters. The summed E-state index contributed by atoms with van der Waals surface area (Å²) in [5, 5.41) is 0. The summed E-state index contributed by atoms with van der Waals surface area (Å²) in [6.45, 7) is 8.42. The van der Waals surface area contributed by atoms with Crippen LogP contribution in [0.4, 0.5) is 0 Å². The summed E-state index contributed by atoms with van der Waals surface area (Å²) in [6.07, 6.45) is 5.50. The fourth-order valence-electron chi connectivity index (χ4n) is 7.18. The molecular formula is C61H52BrN3. The Labute approximate surface area is 393 Å². The first-order valence-corrected chi connectivity index (χ1v) is 22.6. The molecule has 10 rings (SSSR count). The molecule has 0 saturated heterocycles. The number of nitrogens with zero attached hydrogens (tertiary/aromatic N) is 3. The highest BCUT2D eigenvalue weighted by Crippen LogP contribution is 2.39. The van der Waals surface area contributed by atoms with Gasteiger partial charge < -0.3 is 0 Å². The number of hydrogen-bond acceptors (Lipinski definition) is 3. The van der Waals surface area contributed by atoms with Crippen LogP contribution in [0.15, 0.2) is 248 Å². The second-order valence-corrected chi connectivity index (χ2v) is 16.6. The highest BCUT2D eigenvalue weighted by Gasteiger charge is 2.15. The van der Waals surface area contributed by atoms with Crippen molar-refractivity contribution in [1.82, 2.24) is 15.0 Å². The zero-order valence-corrected chi connectivity index (χ0v) is 38.9. The van der Waals surface area contributed by atoms with Gasteiger partial charge >= 0.3 is 0 Å². The van der Waals surface area contributed by atoms with Crippen molar-refractivity contribution in [2.45, 2.75) is 27.7 Å². The molecule has 65 heavy (non-hydrogen) atoms. The molecule has 0 bridgehead atoms. The summed E-state index contributed by atoms with van der Waals surface area (Å²) in [5.74, 6) is 0. The molecule has 0 aliphatic heterocycles. The zero-order valence-electron chi connectivity index (χ0n) is 37.3. The van der Waals surface area contributed by atoms with Gasteiger partial charge in [0.05, 0.1) is 17.1 Å². The van der Waals surface area contributed by atoms with Crippen LogP contribution >= 0.6 is 15.9 Å². The van der Waals surface area contributed by atoms with Crippen molar-refractivity contribution in [1.29, 1.82) is 0 Å². The van der Waals surface area contributed by atoms with E-state index in [2.05, 4.69) is 204 Å². The Morgan fingerprint density at radius 3 is 1.05 bits per heavy atom. The molecule has 7 aromatic carbocycles. The number of halogens is 1. The normalized spacial score (nSPS) is 10.2. The number of pyridine rings is 3. The molecule has 10 aromatic rings. The van der Waals surface area contributed by atoms with Crippen LogP contribution in [0.2, 0.25) is 0 Å². The van der Waals surface area contributed by atoms with E-state index < -0.39 is 0 Å². The second kappa shape index (κ2) is 23.2. The standard InChI is InChI=1S/C25H21N.C18H15N.C11H9N.C7H7Br/c1-18-9-13-20(14-10-18)22-6-5-7-23(21-15-11-19(2)12-16-21)25(22)24-8-3-4-17-26-24;1-14-9-11-15(12-10-14)16-6-2-3-7-17(16)18-8-4-5-13-19-18;1-2-6-10(7-3-1)11-8-4-5-9-12-11;1-6-2-4-7(8)5-3-6/h3-17H,1-2H3;2-13H,1H3;1-9H;2-5H,1H3. The summed E-state index contributed by atoms with van der Waals surface area (Å²) in [5.41, 5.74) is 19.0. The lowest BCUT2D eigenvalue weighted by Crippen LogP contribution is -1.92. The number of benzene rings is 7. The third kappa shape index (κ3) is 13.0. The molecule has 0 aliphatic rings. The molecule has 0 saturated carbocycles. The third-order valence-corrected chi connectivity index (χ3v) is 11.2. The van der Waals surface area contributed by atoms with E-state index in [9.17, 15) is 0 Å². The highest BCUT2D eigenvalue weighted by atomic mass is 79.9. The Morgan fingerprint density at radius 1 is 0.262 bits per heavy atom. The summed E-state index contributed by atoms with van der Waals surface area (Å²) in [7, 11) is 0. The van der Waals surface area contributed by atoms with E-state index in [1.54, 1.807) is 0 Å². The summed E-state index contributed by atoms with van der Waals surface area (Å²) in [6, 6.07) is 77.4. The van der Waals surface area contributed by atoms with Gasteiger partial charge in [-0.2, -0.15) is 0 Å². The maximum atomic E-state index is 4.66. The summed E-state index contributed by atoms with van der Waals surface area (Å²) in [4.78, 5) is 13.4. The van der Waals surface area contributed by atoms with E-state index in [-0.39, 0.29) is 0 Å². The van der Waals surface area contributed by atoms with E-state index in [0.717, 1.165) is 27.1 Å². The molecule has 0 aliphatic carbocycles. The van der Waals surface area contributed by atoms with Crippen molar-refractivity contribution in [3.63, 3.8) is 0 Å². The van der Waals surface area contributed by atoms with Crippen LogP contribution in [0.25, 0.3) is 67.2 Å². The van der Waals surface area contributed by atoms with Crippen LogP contribution in [0.1, 0.15) is 22.3 Å². The molecule has 0 N–H and O–H groups in total. The van der Waals surface area contributed by atoms with Gasteiger partial charge in [0.1, 0.15) is 0 Å². The van der Waals surface area contributed by atoms with E-state index in [1.165, 1.54) is 66.8 Å². The van der Waals surface area contributed by atoms with Crippen LogP contribution in [0.5, 0.6) is 0 Å². The van der Waals surface area contributed by atoms with Crippen LogP contribution in [0, 0.1) is 27.7 Å². The van der Waals surface area contributed by atoms with Gasteiger partial charge in [0.2, 0.25) is 0 Å². The average molecular weight is 907 g/mol. The molecular weight excluding hydrogens is 855 g/mol. The van der Waals surface area contributed by atoms with E-state index in [4.69, 9.17) is 0 Å². The first kappa shape index (κ1) is 45.5. The van der Waals surface area contributed by atoms with Gasteiger partial charge in [-0.15, -0.1) is 0 Å². The number of hydrogen-bond donors (Lipinski definition) is 0. The van der Waals surface area contributed by atoms with Crippen molar-refractivity contribution in [3.8, 4) is 67.2 Å². The maximum absolute atomic E-state index is 4.66. The topological polar surface area (TPSA) is 38.7 Å². The molecule has 4 heteroatoms. The SMILES string of the molecule is Cc1ccc(-c2cccc(-c3ccc(C)cc3)c2-c2ccccn2)cc1.Cc1ccc(-c2ccccc2-c2ccccn2)cc1.Cc1ccc(Br)cc1.c1ccc(-c2ccccn2)cc1. The highest BCUT2D eigenvalue weighted by molar-refractivity contribution is 9.10. The third-order valence-electron chi connectivity index (χ3n) is 10.7. The Bertz CT molecular complexity index is 2830. The fraction of sp³-hybridized carbons (Fsp3) is 0.0656. The Morgan fingerprint density at radius 2 is 0.615 bits per heavy atom. The summed E-state index contributed by atoms with van der Waals surface area (Å²) >= 11 is 3.35. The zero-order chi connectivity index (χ0) is 45.2. The molecule has 3 heterocycles. The second-order valence-electron chi connectivity index (χ2n) is 15.7. The summed E-state index contributed by atoms with van der Waals surface area (Å²) < 4.78 is 1.14. The van der Waals surface area contributed by atoms with Crippen molar-refractivity contribution in [2.24, 2.45) is 0 Å². The van der Waals surface area contributed by atoms with Gasteiger partial charge in [0, 0.05) is 39.8 Å². The Hall–Kier alpha value is -7.53. The first-order chi connectivity index (χ1) is 31.8. The fourth-order valence-corrected chi connectivity index (χ4v) is 7.44. The van der Waals surface area contributed by atoms with Gasteiger partial charge in [-0.1, -0.05) is 214 Å². The first-order valence-electron chi connectivity index (χ1n) is 21.8. The largest absolute Gasteiger partial charge is 0.256 e. The van der Waals surface area contributed by atoms with Gasteiger partial charge in [-0.3, -0.25) is 15.0 Å². The van der Waals surface area contributed by atoms with Crippen molar-refractivity contribution in [2.75, 3.05) is 0 Å². The molecule has 0 unspecified atom stereocenters. The molecule has 0 radical (unpaired) electrons. The predicted octanol–water partition coefficient (Wildman–Crippen LogP) is 16.9. The minimum absolute atomic E-state index is 0.999. The average Bonchev–Trinajstić information content (AvgIpc) is 3.37. The van der Waals surface area contributed by atoms with Crippen LogP contribution in [-0.2, 0) is 0 Å². The Kier molecular flexibility index (Phi) is 16.3. The van der Waals surface area contributed by atoms with Crippen molar-refractivity contribution in [3.05, 3.63) is 270 Å². The van der Waals surface area contributed by atoms with Gasteiger partial charge in [0.15, 0.2) is 0 Å². The van der Waals surface area contributed by atoms with E-state index >= 15 is 0 Å². The predicted molar refractivity (Wildman–Crippen MR) is 278 cm³/mol. The minimum atomic E-state index is 0.999. The lowest BCUT2D eigenvalue weighted by atomic mass is 9.89. The molecule has 3 nitrogen and oxygen atoms in total. The number of rotatable bonds is 6.